The molecule has 0 aromatic rings. The first kappa shape index (κ1) is 12.5. The predicted octanol–water partition coefficient (Wildman–Crippen LogP) is 1.36. The van der Waals surface area contributed by atoms with Crippen molar-refractivity contribution in [3.63, 3.8) is 0 Å². The summed E-state index contributed by atoms with van der Waals surface area (Å²) in [5.74, 6) is 3.27. The number of hydrogen-bond acceptors (Lipinski definition) is 2. The van der Waals surface area contributed by atoms with Crippen LogP contribution in [0.3, 0.4) is 0 Å². The van der Waals surface area contributed by atoms with Crippen LogP contribution in [0, 0.1) is 18.3 Å². The van der Waals surface area contributed by atoms with E-state index < -0.39 is 0 Å². The van der Waals surface area contributed by atoms with Gasteiger partial charge in [-0.25, -0.2) is 0 Å². The van der Waals surface area contributed by atoms with Crippen LogP contribution in [0.15, 0.2) is 0 Å². The molecule has 0 aliphatic heterocycles. The maximum absolute atomic E-state index is 5.72. The number of hydrogen-bond donors (Lipinski definition) is 2. The highest BCUT2D eigenvalue weighted by molar-refractivity contribution is 4.89. The van der Waals surface area contributed by atoms with Crippen LogP contribution in [0.25, 0.3) is 0 Å². The molecule has 0 aliphatic rings. The Morgan fingerprint density at radius 1 is 1.54 bits per heavy atom. The maximum atomic E-state index is 5.72. The lowest BCUT2D eigenvalue weighted by atomic mass is 9.91. The summed E-state index contributed by atoms with van der Waals surface area (Å²) >= 11 is 0. The molecule has 0 radical (unpaired) electrons. The number of rotatable bonds is 6. The Bertz CT molecular complexity index is 169. The summed E-state index contributed by atoms with van der Waals surface area (Å²) in [6, 6.07) is 0. The minimum absolute atomic E-state index is 0.0466. The zero-order chi connectivity index (χ0) is 10.3. The quantitative estimate of drug-likeness (QED) is 0.481. The Morgan fingerprint density at radius 2 is 2.15 bits per heavy atom. The van der Waals surface area contributed by atoms with Gasteiger partial charge in [0.15, 0.2) is 0 Å². The van der Waals surface area contributed by atoms with Crippen LogP contribution in [0.1, 0.15) is 33.6 Å². The Morgan fingerprint density at radius 3 is 2.54 bits per heavy atom. The Labute approximate surface area is 82.3 Å². The van der Waals surface area contributed by atoms with Crippen LogP contribution < -0.4 is 11.1 Å². The molecule has 0 bridgehead atoms. The molecule has 76 valence electrons. The Balaban J connectivity index is 3.90. The molecule has 0 rings (SSSR count). The topological polar surface area (TPSA) is 38.0 Å². The fourth-order valence-electron chi connectivity index (χ4n) is 1.57. The second-order valence-corrected chi connectivity index (χ2v) is 4.24. The number of nitrogens with two attached hydrogens (primary N) is 1. The van der Waals surface area contributed by atoms with E-state index in [1.807, 2.05) is 0 Å². The molecule has 0 saturated carbocycles. The molecule has 0 aromatic heterocycles. The van der Waals surface area contributed by atoms with Gasteiger partial charge in [0, 0.05) is 25.0 Å². The zero-order valence-corrected chi connectivity index (χ0v) is 9.06. The van der Waals surface area contributed by atoms with Gasteiger partial charge in [-0.3, -0.25) is 0 Å². The molecule has 0 aromatic carbocycles. The van der Waals surface area contributed by atoms with Gasteiger partial charge < -0.3 is 11.1 Å². The van der Waals surface area contributed by atoms with Gasteiger partial charge in [-0.1, -0.05) is 13.8 Å². The second kappa shape index (κ2) is 6.01. The second-order valence-electron chi connectivity index (χ2n) is 4.24. The van der Waals surface area contributed by atoms with Crippen molar-refractivity contribution in [2.24, 2.45) is 11.7 Å². The fourth-order valence-corrected chi connectivity index (χ4v) is 1.57. The molecular weight excluding hydrogens is 160 g/mol. The van der Waals surface area contributed by atoms with Crippen molar-refractivity contribution in [3.8, 4) is 12.3 Å². The van der Waals surface area contributed by atoms with E-state index in [4.69, 9.17) is 12.2 Å². The van der Waals surface area contributed by atoms with E-state index in [0.29, 0.717) is 12.5 Å². The first-order valence-electron chi connectivity index (χ1n) is 4.92. The van der Waals surface area contributed by atoms with Gasteiger partial charge >= 0.3 is 0 Å². The standard InChI is InChI=1S/C11H22N2/c1-5-6-7-13-11(4,9-12)8-10(2)3/h1,10,13H,6-9,12H2,2-4H3. The van der Waals surface area contributed by atoms with Crippen molar-refractivity contribution in [1.82, 2.24) is 5.32 Å². The highest BCUT2D eigenvalue weighted by atomic mass is 15.0. The van der Waals surface area contributed by atoms with Crippen LogP contribution >= 0.6 is 0 Å². The lowest BCUT2D eigenvalue weighted by molar-refractivity contribution is 0.303. The van der Waals surface area contributed by atoms with Crippen LogP contribution in [-0.2, 0) is 0 Å². The van der Waals surface area contributed by atoms with Gasteiger partial charge in [-0.05, 0) is 19.3 Å². The van der Waals surface area contributed by atoms with Crippen LogP contribution in [0.5, 0.6) is 0 Å². The SMILES string of the molecule is C#CCCNC(C)(CN)CC(C)C. The van der Waals surface area contributed by atoms with Crippen LogP contribution in [-0.4, -0.2) is 18.6 Å². The Kier molecular flexibility index (Phi) is 5.77. The van der Waals surface area contributed by atoms with Gasteiger partial charge in [0.1, 0.15) is 0 Å². The molecule has 0 aliphatic carbocycles. The lowest BCUT2D eigenvalue weighted by Gasteiger charge is -2.31. The average Bonchev–Trinajstić information content (AvgIpc) is 2.04. The van der Waals surface area contributed by atoms with E-state index in [9.17, 15) is 0 Å². The molecule has 2 nitrogen and oxygen atoms in total. The maximum Gasteiger partial charge on any atom is 0.0278 e. The summed E-state index contributed by atoms with van der Waals surface area (Å²) in [6.07, 6.45) is 7.04. The average molecular weight is 182 g/mol. The third kappa shape index (κ3) is 5.68. The van der Waals surface area contributed by atoms with Gasteiger partial charge in [-0.2, -0.15) is 0 Å². The molecule has 1 atom stereocenters. The molecule has 2 heteroatoms. The minimum atomic E-state index is 0.0466. The highest BCUT2D eigenvalue weighted by Crippen LogP contribution is 2.14. The molecule has 0 saturated heterocycles. The monoisotopic (exact) mass is 182 g/mol. The summed E-state index contributed by atoms with van der Waals surface area (Å²) in [7, 11) is 0. The molecule has 0 heterocycles. The normalized spacial score (nSPS) is 15.4. The van der Waals surface area contributed by atoms with Crippen molar-refractivity contribution in [1.29, 1.82) is 0 Å². The van der Waals surface area contributed by atoms with Crippen molar-refractivity contribution in [3.05, 3.63) is 0 Å². The van der Waals surface area contributed by atoms with Gasteiger partial charge in [0.25, 0.3) is 0 Å². The lowest BCUT2D eigenvalue weighted by Crippen LogP contribution is -2.49. The molecule has 0 spiro atoms. The molecule has 13 heavy (non-hydrogen) atoms. The predicted molar refractivity (Wildman–Crippen MR) is 58.4 cm³/mol. The third-order valence-corrected chi connectivity index (χ3v) is 2.13. The fraction of sp³-hybridized carbons (Fsp3) is 0.818. The summed E-state index contributed by atoms with van der Waals surface area (Å²) in [6.45, 7) is 8.09. The van der Waals surface area contributed by atoms with Crippen LogP contribution in [0.4, 0.5) is 0 Å². The summed E-state index contributed by atoms with van der Waals surface area (Å²) in [4.78, 5) is 0. The molecule has 0 fully saturated rings. The van der Waals surface area contributed by atoms with Crippen molar-refractivity contribution < 1.29 is 0 Å². The highest BCUT2D eigenvalue weighted by Gasteiger charge is 2.22. The van der Waals surface area contributed by atoms with E-state index in [0.717, 1.165) is 19.4 Å². The van der Waals surface area contributed by atoms with Crippen LogP contribution in [0.2, 0.25) is 0 Å². The Hall–Kier alpha value is -0.520. The minimum Gasteiger partial charge on any atom is -0.329 e. The third-order valence-electron chi connectivity index (χ3n) is 2.13. The van der Waals surface area contributed by atoms with E-state index in [2.05, 4.69) is 32.0 Å². The van der Waals surface area contributed by atoms with E-state index >= 15 is 0 Å². The zero-order valence-electron chi connectivity index (χ0n) is 9.06. The molecule has 1 unspecified atom stereocenters. The summed E-state index contributed by atoms with van der Waals surface area (Å²) in [5, 5.41) is 3.41. The van der Waals surface area contributed by atoms with Crippen molar-refractivity contribution in [2.75, 3.05) is 13.1 Å². The van der Waals surface area contributed by atoms with Gasteiger partial charge in [-0.15, -0.1) is 12.3 Å². The van der Waals surface area contributed by atoms with E-state index in [-0.39, 0.29) is 5.54 Å². The van der Waals surface area contributed by atoms with E-state index in [1.165, 1.54) is 0 Å². The van der Waals surface area contributed by atoms with E-state index in [1.54, 1.807) is 0 Å². The summed E-state index contributed by atoms with van der Waals surface area (Å²) < 4.78 is 0. The number of nitrogens with one attached hydrogen (secondary N) is 1. The molecule has 3 N–H and O–H groups in total. The van der Waals surface area contributed by atoms with Crippen molar-refractivity contribution in [2.45, 2.75) is 39.2 Å². The van der Waals surface area contributed by atoms with Gasteiger partial charge in [0.05, 0.1) is 0 Å². The number of terminal acetylenes is 1. The smallest absolute Gasteiger partial charge is 0.0278 e. The van der Waals surface area contributed by atoms with Gasteiger partial charge in [0.2, 0.25) is 0 Å². The first-order chi connectivity index (χ1) is 6.04. The largest absolute Gasteiger partial charge is 0.329 e. The van der Waals surface area contributed by atoms with Crippen molar-refractivity contribution >= 4 is 0 Å². The molecule has 0 amide bonds. The molecular formula is C11H22N2. The first-order valence-corrected chi connectivity index (χ1v) is 4.92. The summed E-state index contributed by atoms with van der Waals surface area (Å²) in [5.41, 5.74) is 5.77.